The van der Waals surface area contributed by atoms with E-state index in [9.17, 15) is 5.11 Å². The fourth-order valence-corrected chi connectivity index (χ4v) is 3.08. The first-order valence-electron chi connectivity index (χ1n) is 8.22. The van der Waals surface area contributed by atoms with E-state index in [0.717, 1.165) is 29.9 Å². The van der Waals surface area contributed by atoms with E-state index >= 15 is 0 Å². The number of benzene rings is 2. The van der Waals surface area contributed by atoms with Crippen molar-refractivity contribution >= 4 is 0 Å². The third-order valence-corrected chi connectivity index (χ3v) is 4.51. The summed E-state index contributed by atoms with van der Waals surface area (Å²) in [5.41, 5.74) is 2.95. The molecule has 0 spiro atoms. The molecule has 3 aromatic rings. The van der Waals surface area contributed by atoms with Crippen molar-refractivity contribution in [2.75, 3.05) is 19.6 Å². The monoisotopic (exact) mass is 320 g/mol. The molecular weight excluding hydrogens is 300 g/mol. The maximum atomic E-state index is 10.3. The summed E-state index contributed by atoms with van der Waals surface area (Å²) in [6, 6.07) is 20.2. The van der Waals surface area contributed by atoms with Crippen molar-refractivity contribution in [1.82, 2.24) is 19.9 Å². The molecule has 1 aliphatic heterocycles. The smallest absolute Gasteiger partial charge is 0.113 e. The molecule has 0 bridgehead atoms. The Kier molecular flexibility index (Phi) is 4.11. The first-order chi connectivity index (χ1) is 11.8. The summed E-state index contributed by atoms with van der Waals surface area (Å²) in [5, 5.41) is 18.8. The van der Waals surface area contributed by atoms with Crippen LogP contribution in [0.1, 0.15) is 17.7 Å². The van der Waals surface area contributed by atoms with Crippen LogP contribution in [0.3, 0.4) is 0 Å². The summed E-state index contributed by atoms with van der Waals surface area (Å²) >= 11 is 0. The van der Waals surface area contributed by atoms with Gasteiger partial charge in [0.25, 0.3) is 0 Å². The van der Waals surface area contributed by atoms with Gasteiger partial charge in [-0.2, -0.15) is 0 Å². The average molecular weight is 320 g/mol. The highest BCUT2D eigenvalue weighted by atomic mass is 16.3. The van der Waals surface area contributed by atoms with Crippen LogP contribution in [0.5, 0.6) is 0 Å². The van der Waals surface area contributed by atoms with Gasteiger partial charge in [-0.3, -0.25) is 4.90 Å². The number of likely N-dealkylation sites (tertiary alicyclic amines) is 1. The highest BCUT2D eigenvalue weighted by Gasteiger charge is 2.30. The summed E-state index contributed by atoms with van der Waals surface area (Å²) in [4.78, 5) is 2.24. The lowest BCUT2D eigenvalue weighted by atomic mass is 10.0. The van der Waals surface area contributed by atoms with Crippen LogP contribution in [0, 0.1) is 0 Å². The third kappa shape index (κ3) is 3.09. The molecule has 2 aromatic carbocycles. The molecule has 1 aromatic heterocycles. The van der Waals surface area contributed by atoms with Crippen molar-refractivity contribution in [3.05, 3.63) is 72.4 Å². The molecule has 122 valence electrons. The standard InChI is InChI=1S/C19H20N4O/c24-19(16-9-5-2-6-10-16)14-22-11-17(12-22)23-13-18(20-21-23)15-7-3-1-4-8-15/h1-10,13,17,19,24H,11-12,14H2. The minimum Gasteiger partial charge on any atom is -0.387 e. The summed E-state index contributed by atoms with van der Waals surface area (Å²) < 4.78 is 1.94. The number of aliphatic hydroxyl groups is 1. The number of hydrogen-bond donors (Lipinski definition) is 1. The highest BCUT2D eigenvalue weighted by molar-refractivity contribution is 5.57. The molecule has 0 amide bonds. The molecule has 1 atom stereocenters. The molecule has 5 nitrogen and oxygen atoms in total. The van der Waals surface area contributed by atoms with E-state index < -0.39 is 6.10 Å². The maximum absolute atomic E-state index is 10.3. The number of hydrogen-bond acceptors (Lipinski definition) is 4. The fraction of sp³-hybridized carbons (Fsp3) is 0.263. The van der Waals surface area contributed by atoms with Crippen molar-refractivity contribution < 1.29 is 5.11 Å². The molecule has 0 saturated carbocycles. The van der Waals surface area contributed by atoms with Gasteiger partial charge in [-0.1, -0.05) is 65.9 Å². The van der Waals surface area contributed by atoms with Crippen LogP contribution < -0.4 is 0 Å². The fourth-order valence-electron chi connectivity index (χ4n) is 3.08. The van der Waals surface area contributed by atoms with E-state index in [2.05, 4.69) is 15.2 Å². The Bertz CT molecular complexity index is 781. The van der Waals surface area contributed by atoms with Gasteiger partial charge >= 0.3 is 0 Å². The molecule has 4 rings (SSSR count). The summed E-state index contributed by atoms with van der Waals surface area (Å²) in [5.74, 6) is 0. The average Bonchev–Trinajstić information content (AvgIpc) is 3.08. The van der Waals surface area contributed by atoms with Crippen LogP contribution in [-0.4, -0.2) is 44.6 Å². The van der Waals surface area contributed by atoms with Crippen molar-refractivity contribution in [1.29, 1.82) is 0 Å². The molecule has 2 heterocycles. The van der Waals surface area contributed by atoms with Crippen LogP contribution in [-0.2, 0) is 0 Å². The molecule has 5 heteroatoms. The minimum atomic E-state index is -0.442. The SMILES string of the molecule is OC(CN1CC(n2cc(-c3ccccc3)nn2)C1)c1ccccc1. The molecule has 0 aliphatic carbocycles. The summed E-state index contributed by atoms with van der Waals surface area (Å²) in [6.07, 6.45) is 1.56. The van der Waals surface area contributed by atoms with Gasteiger partial charge in [0.1, 0.15) is 5.69 Å². The topological polar surface area (TPSA) is 54.2 Å². The molecule has 1 fully saturated rings. The molecule has 1 N–H and O–H groups in total. The predicted octanol–water partition coefficient (Wildman–Crippen LogP) is 2.54. The number of aliphatic hydroxyl groups excluding tert-OH is 1. The van der Waals surface area contributed by atoms with E-state index in [1.807, 2.05) is 71.5 Å². The van der Waals surface area contributed by atoms with Gasteiger partial charge in [-0.15, -0.1) is 5.10 Å². The quantitative estimate of drug-likeness (QED) is 0.785. The van der Waals surface area contributed by atoms with Crippen LogP contribution in [0.2, 0.25) is 0 Å². The lowest BCUT2D eigenvalue weighted by Gasteiger charge is -2.39. The van der Waals surface area contributed by atoms with E-state index in [4.69, 9.17) is 0 Å². The Labute approximate surface area is 141 Å². The van der Waals surface area contributed by atoms with Gasteiger partial charge in [0.2, 0.25) is 0 Å². The Balaban J connectivity index is 1.34. The summed E-state index contributed by atoms with van der Waals surface area (Å²) in [7, 11) is 0. The first-order valence-corrected chi connectivity index (χ1v) is 8.22. The minimum absolute atomic E-state index is 0.331. The second-order valence-electron chi connectivity index (χ2n) is 6.25. The van der Waals surface area contributed by atoms with Gasteiger partial charge in [-0.25, -0.2) is 4.68 Å². The summed E-state index contributed by atoms with van der Waals surface area (Å²) in [6.45, 7) is 2.43. The Morgan fingerprint density at radius 3 is 2.38 bits per heavy atom. The largest absolute Gasteiger partial charge is 0.387 e. The number of rotatable bonds is 5. The van der Waals surface area contributed by atoms with Gasteiger partial charge in [-0.05, 0) is 5.56 Å². The van der Waals surface area contributed by atoms with Crippen LogP contribution in [0.4, 0.5) is 0 Å². The van der Waals surface area contributed by atoms with E-state index in [0.29, 0.717) is 12.6 Å². The zero-order valence-corrected chi connectivity index (χ0v) is 13.4. The predicted molar refractivity (Wildman–Crippen MR) is 92.3 cm³/mol. The van der Waals surface area contributed by atoms with E-state index in [1.54, 1.807) is 0 Å². The maximum Gasteiger partial charge on any atom is 0.113 e. The molecule has 24 heavy (non-hydrogen) atoms. The lowest BCUT2D eigenvalue weighted by Crippen LogP contribution is -2.49. The molecule has 1 unspecified atom stereocenters. The Morgan fingerprint density at radius 1 is 1.00 bits per heavy atom. The van der Waals surface area contributed by atoms with E-state index in [1.165, 1.54) is 0 Å². The molecular formula is C19H20N4O. The van der Waals surface area contributed by atoms with Crippen LogP contribution in [0.25, 0.3) is 11.3 Å². The van der Waals surface area contributed by atoms with Gasteiger partial charge in [0.05, 0.1) is 18.3 Å². The van der Waals surface area contributed by atoms with Gasteiger partial charge in [0.15, 0.2) is 0 Å². The lowest BCUT2D eigenvalue weighted by molar-refractivity contribution is 0.0395. The van der Waals surface area contributed by atoms with Gasteiger partial charge in [0, 0.05) is 25.2 Å². The van der Waals surface area contributed by atoms with Crippen molar-refractivity contribution in [3.63, 3.8) is 0 Å². The Morgan fingerprint density at radius 2 is 1.67 bits per heavy atom. The molecule has 1 saturated heterocycles. The van der Waals surface area contributed by atoms with Crippen molar-refractivity contribution in [3.8, 4) is 11.3 Å². The van der Waals surface area contributed by atoms with Crippen molar-refractivity contribution in [2.24, 2.45) is 0 Å². The normalized spacial score (nSPS) is 16.7. The second-order valence-corrected chi connectivity index (χ2v) is 6.25. The van der Waals surface area contributed by atoms with Crippen LogP contribution >= 0.6 is 0 Å². The zero-order valence-electron chi connectivity index (χ0n) is 13.4. The molecule has 0 radical (unpaired) electrons. The van der Waals surface area contributed by atoms with E-state index in [-0.39, 0.29) is 0 Å². The second kappa shape index (κ2) is 6.55. The number of aromatic nitrogens is 3. The zero-order chi connectivity index (χ0) is 16.4. The van der Waals surface area contributed by atoms with Crippen molar-refractivity contribution in [2.45, 2.75) is 12.1 Å². The van der Waals surface area contributed by atoms with Crippen LogP contribution in [0.15, 0.2) is 66.9 Å². The number of nitrogens with zero attached hydrogens (tertiary/aromatic N) is 4. The van der Waals surface area contributed by atoms with Gasteiger partial charge < -0.3 is 5.11 Å². The number of β-amino-alcohol motifs (C(OH)–C–C–N with tert-alkyl or cyclic N) is 1. The molecule has 1 aliphatic rings. The first kappa shape index (κ1) is 15.1. The highest BCUT2D eigenvalue weighted by Crippen LogP contribution is 2.25. The Hall–Kier alpha value is -2.50. The third-order valence-electron chi connectivity index (χ3n) is 4.51.